The van der Waals surface area contributed by atoms with E-state index in [0.29, 0.717) is 28.3 Å². The Kier molecular flexibility index (Phi) is 3.80. The molecule has 2 aliphatic heterocycles. The maximum atomic E-state index is 14.6. The summed E-state index contributed by atoms with van der Waals surface area (Å²) in [5.74, 6) is 1.10. The van der Waals surface area contributed by atoms with Crippen LogP contribution in [0.5, 0.6) is 5.75 Å². The molecule has 2 aromatic carbocycles. The fraction of sp³-hybridized carbons (Fsp3) is 0.174. The van der Waals surface area contributed by atoms with E-state index < -0.39 is 15.0 Å². The number of ether oxygens (including phenoxy) is 1. The predicted octanol–water partition coefficient (Wildman–Crippen LogP) is 1.99. The van der Waals surface area contributed by atoms with Crippen molar-refractivity contribution < 1.29 is 21.9 Å². The highest BCUT2D eigenvalue weighted by Gasteiger charge is 2.49. The van der Waals surface area contributed by atoms with E-state index in [-0.39, 0.29) is 34.8 Å². The van der Waals surface area contributed by atoms with E-state index >= 15 is 0 Å². The van der Waals surface area contributed by atoms with E-state index in [1.807, 2.05) is 0 Å². The number of benzene rings is 2. The Balaban J connectivity index is 1.26. The first-order valence-corrected chi connectivity index (χ1v) is 12.1. The third kappa shape index (κ3) is 2.73. The lowest BCUT2D eigenvalue weighted by Gasteiger charge is -2.13. The molecular weight excluding hydrogens is 464 g/mol. The van der Waals surface area contributed by atoms with Crippen molar-refractivity contribution in [2.75, 3.05) is 5.32 Å². The molecule has 1 fully saturated rings. The molecule has 170 valence electrons. The lowest BCUT2D eigenvalue weighted by Crippen LogP contribution is -2.22. The zero-order chi connectivity index (χ0) is 23.2. The highest BCUT2D eigenvalue weighted by molar-refractivity contribution is 8.06. The van der Waals surface area contributed by atoms with Gasteiger partial charge in [-0.15, -0.1) is 10.2 Å². The van der Waals surface area contributed by atoms with Gasteiger partial charge in [-0.05, 0) is 35.4 Å². The Morgan fingerprint density at radius 2 is 2.09 bits per heavy atom. The predicted molar refractivity (Wildman–Crippen MR) is 119 cm³/mol. The molecule has 34 heavy (non-hydrogen) atoms. The van der Waals surface area contributed by atoms with Crippen molar-refractivity contribution >= 4 is 32.0 Å². The first-order chi connectivity index (χ1) is 16.4. The van der Waals surface area contributed by atoms with Crippen LogP contribution in [0.2, 0.25) is 0 Å². The number of fused-ring (bicyclic) bond motifs is 5. The number of halogens is 2. The summed E-state index contributed by atoms with van der Waals surface area (Å²) < 4.78 is 59.8. The average molecular weight is 479 g/mol. The van der Waals surface area contributed by atoms with Crippen LogP contribution in [-0.4, -0.2) is 34.1 Å². The second-order valence-electron chi connectivity index (χ2n) is 8.55. The molecule has 1 N–H and O–H groups in total. The maximum Gasteiger partial charge on any atom is 0.227 e. The zero-order valence-corrected chi connectivity index (χ0v) is 18.2. The van der Waals surface area contributed by atoms with Crippen LogP contribution in [0.25, 0.3) is 27.3 Å². The molecule has 1 aliphatic carbocycles. The van der Waals surface area contributed by atoms with Crippen LogP contribution in [0.1, 0.15) is 23.5 Å². The molecule has 1 saturated carbocycles. The van der Waals surface area contributed by atoms with E-state index in [1.54, 1.807) is 28.8 Å². The first kappa shape index (κ1) is 19.6. The first-order valence-electron chi connectivity index (χ1n) is 10.6. The second kappa shape index (κ2) is 6.60. The Bertz CT molecular complexity index is 1780. The number of hydrogen-bond donors (Lipinski definition) is 1. The number of nitrogens with one attached hydrogen (secondary N) is 1. The minimum absolute atomic E-state index is 0.0341. The van der Waals surface area contributed by atoms with Gasteiger partial charge in [0.05, 0.1) is 0 Å². The summed E-state index contributed by atoms with van der Waals surface area (Å²) in [6, 6.07) is 7.70. The normalized spacial score (nSPS) is 20.9. The van der Waals surface area contributed by atoms with Gasteiger partial charge < -0.3 is 10.1 Å². The van der Waals surface area contributed by atoms with Gasteiger partial charge in [-0.2, -0.15) is 4.39 Å². The number of nitrogens with zero attached hydrogens (tertiary/aromatic N) is 4. The van der Waals surface area contributed by atoms with Crippen LogP contribution >= 0.6 is 0 Å². The van der Waals surface area contributed by atoms with Crippen molar-refractivity contribution in [2.24, 2.45) is 0 Å². The van der Waals surface area contributed by atoms with Crippen molar-refractivity contribution in [1.29, 1.82) is 0 Å². The standard InChI is InChI=1S/C23H15F2N5O3S/c24-17-3-4-18-20(14-6-19(14)33-18)16(17)8-27-23-26-7-15(22-29-28-10-30(22)23)11-1-2-13-12(5-11)9-34(31,32)21(13)25/h1-5,7,9-10,14,19H,6,8H2,(H,26,27). The van der Waals surface area contributed by atoms with E-state index in [1.165, 1.54) is 18.5 Å². The van der Waals surface area contributed by atoms with Gasteiger partial charge in [-0.3, -0.25) is 4.40 Å². The molecule has 0 radical (unpaired) electrons. The third-order valence-electron chi connectivity index (χ3n) is 6.50. The largest absolute Gasteiger partial charge is 0.489 e. The summed E-state index contributed by atoms with van der Waals surface area (Å²) in [5.41, 5.74) is 3.14. The van der Waals surface area contributed by atoms with E-state index in [9.17, 15) is 17.2 Å². The maximum absolute atomic E-state index is 14.6. The number of hydrogen-bond acceptors (Lipinski definition) is 7. The van der Waals surface area contributed by atoms with Gasteiger partial charge in [0.15, 0.2) is 5.65 Å². The van der Waals surface area contributed by atoms with Crippen molar-refractivity contribution in [2.45, 2.75) is 25.0 Å². The Hall–Kier alpha value is -3.86. The molecule has 0 bridgehead atoms. The SMILES string of the molecule is O=S1(=O)C=c2cc(-c3cnc(NCc4c(F)ccc5c4C4CC4O5)n4cnnc34)ccc2=C1F. The van der Waals surface area contributed by atoms with Gasteiger partial charge >= 0.3 is 0 Å². The number of aromatic nitrogens is 4. The van der Waals surface area contributed by atoms with Gasteiger partial charge in [0.1, 0.15) is 24.0 Å². The van der Waals surface area contributed by atoms with Gasteiger partial charge in [0, 0.05) is 46.0 Å². The molecule has 4 heterocycles. The number of anilines is 1. The number of rotatable bonds is 4. The van der Waals surface area contributed by atoms with Gasteiger partial charge in [0.2, 0.25) is 20.9 Å². The van der Waals surface area contributed by atoms with E-state index in [4.69, 9.17) is 4.74 Å². The minimum atomic E-state index is -4.04. The molecule has 3 aliphatic rings. The summed E-state index contributed by atoms with van der Waals surface area (Å²) in [6.07, 6.45) is 4.12. The summed E-state index contributed by atoms with van der Waals surface area (Å²) in [7, 11) is -4.04. The molecule has 11 heteroatoms. The van der Waals surface area contributed by atoms with Crippen LogP contribution < -0.4 is 20.5 Å². The smallest absolute Gasteiger partial charge is 0.227 e. The topological polar surface area (TPSA) is 98.5 Å². The fourth-order valence-corrected chi connectivity index (χ4v) is 5.90. The quantitative estimate of drug-likeness (QED) is 0.478. The Morgan fingerprint density at radius 3 is 2.97 bits per heavy atom. The molecule has 0 saturated heterocycles. The lowest BCUT2D eigenvalue weighted by molar-refractivity contribution is 0.318. The molecule has 0 amide bonds. The van der Waals surface area contributed by atoms with Gasteiger partial charge in [-0.25, -0.2) is 17.8 Å². The Labute approximate surface area is 191 Å². The molecular formula is C23H15F2N5O3S. The monoisotopic (exact) mass is 479 g/mol. The zero-order valence-electron chi connectivity index (χ0n) is 17.4. The molecule has 2 aromatic heterocycles. The van der Waals surface area contributed by atoms with Gasteiger partial charge in [-0.1, -0.05) is 12.1 Å². The van der Waals surface area contributed by atoms with Crippen molar-refractivity contribution in [1.82, 2.24) is 19.6 Å². The van der Waals surface area contributed by atoms with E-state index in [2.05, 4.69) is 20.5 Å². The molecule has 0 spiro atoms. The van der Waals surface area contributed by atoms with Crippen LogP contribution in [-0.2, 0) is 16.4 Å². The fourth-order valence-electron chi connectivity index (χ4n) is 4.77. The minimum Gasteiger partial charge on any atom is -0.489 e. The van der Waals surface area contributed by atoms with Crippen LogP contribution in [0.3, 0.4) is 0 Å². The van der Waals surface area contributed by atoms with Crippen molar-refractivity contribution in [3.8, 4) is 16.9 Å². The van der Waals surface area contributed by atoms with Crippen molar-refractivity contribution in [3.05, 3.63) is 70.2 Å². The van der Waals surface area contributed by atoms with Crippen molar-refractivity contribution in [3.63, 3.8) is 0 Å². The highest BCUT2D eigenvalue weighted by atomic mass is 32.2. The van der Waals surface area contributed by atoms with Crippen LogP contribution in [0.4, 0.5) is 14.7 Å². The van der Waals surface area contributed by atoms with Crippen LogP contribution in [0.15, 0.2) is 42.9 Å². The summed E-state index contributed by atoms with van der Waals surface area (Å²) in [6.45, 7) is 0.210. The summed E-state index contributed by atoms with van der Waals surface area (Å²) in [4.78, 5) is 4.47. The van der Waals surface area contributed by atoms with Crippen LogP contribution in [0, 0.1) is 5.82 Å². The lowest BCUT2D eigenvalue weighted by atomic mass is 10.0. The molecule has 8 nitrogen and oxygen atoms in total. The Morgan fingerprint density at radius 1 is 1.21 bits per heavy atom. The summed E-state index contributed by atoms with van der Waals surface area (Å²) in [5, 5.41) is 11.4. The van der Waals surface area contributed by atoms with E-state index in [0.717, 1.165) is 23.1 Å². The van der Waals surface area contributed by atoms with Gasteiger partial charge in [0.25, 0.3) is 0 Å². The molecule has 2 atom stereocenters. The number of sulfone groups is 1. The average Bonchev–Trinajstić information content (AvgIpc) is 3.14. The molecule has 4 aromatic rings. The molecule has 2 unspecified atom stereocenters. The third-order valence-corrected chi connectivity index (χ3v) is 7.79. The molecule has 7 rings (SSSR count). The second-order valence-corrected chi connectivity index (χ2v) is 10.2. The highest BCUT2D eigenvalue weighted by Crippen LogP contribution is 2.55. The summed E-state index contributed by atoms with van der Waals surface area (Å²) >= 11 is 0.